The Hall–Kier alpha value is -2.88. The largest absolute Gasteiger partial charge is 0.456 e. The average Bonchev–Trinajstić information content (AvgIpc) is 2.87. The first-order chi connectivity index (χ1) is 11.5. The molecule has 4 heteroatoms. The Kier molecular flexibility index (Phi) is 3.10. The summed E-state index contributed by atoms with van der Waals surface area (Å²) in [6, 6.07) is 9.74. The second-order valence-corrected chi connectivity index (χ2v) is 6.06. The molecule has 0 bridgehead atoms. The van der Waals surface area contributed by atoms with Crippen LogP contribution in [0.5, 0.6) is 0 Å². The molecule has 2 heterocycles. The lowest BCUT2D eigenvalue weighted by molar-refractivity contribution is 0.557. The molecule has 0 aliphatic rings. The van der Waals surface area contributed by atoms with Gasteiger partial charge in [0.05, 0.1) is 0 Å². The fourth-order valence-corrected chi connectivity index (χ4v) is 3.10. The van der Waals surface area contributed by atoms with E-state index in [1.54, 1.807) is 6.07 Å². The summed E-state index contributed by atoms with van der Waals surface area (Å²) >= 11 is 0. The van der Waals surface area contributed by atoms with Crippen LogP contribution in [0.25, 0.3) is 33.3 Å². The molecule has 0 N–H and O–H groups in total. The van der Waals surface area contributed by atoms with Gasteiger partial charge < -0.3 is 8.83 Å². The van der Waals surface area contributed by atoms with Crippen LogP contribution in [0.15, 0.2) is 50.0 Å². The molecular formula is C20H15FO3. The Morgan fingerprint density at radius 2 is 1.67 bits per heavy atom. The SMILES string of the molecule is Cc1ccc2c(-c3oc4ccc(F)cc4c3C)cc(=O)oc2c1C. The highest BCUT2D eigenvalue weighted by Gasteiger charge is 2.18. The van der Waals surface area contributed by atoms with Gasteiger partial charge in [-0.05, 0) is 50.1 Å². The van der Waals surface area contributed by atoms with Gasteiger partial charge in [0, 0.05) is 28.0 Å². The zero-order valence-corrected chi connectivity index (χ0v) is 13.6. The van der Waals surface area contributed by atoms with Crippen LogP contribution in [0.2, 0.25) is 0 Å². The molecular weight excluding hydrogens is 307 g/mol. The Balaban J connectivity index is 2.12. The van der Waals surface area contributed by atoms with E-state index in [2.05, 4.69) is 0 Å². The number of benzene rings is 2. The first kappa shape index (κ1) is 14.7. The summed E-state index contributed by atoms with van der Waals surface area (Å²) in [5.41, 5.74) is 4.15. The molecule has 4 aromatic rings. The standard InChI is InChI=1S/C20H15FO3/c1-10-4-6-14-16(9-18(22)24-19(14)11(10)2)20-12(3)15-8-13(21)5-7-17(15)23-20/h4-9H,1-3H3. The zero-order chi connectivity index (χ0) is 17.0. The second-order valence-electron chi connectivity index (χ2n) is 6.06. The second kappa shape index (κ2) is 5.06. The highest BCUT2D eigenvalue weighted by atomic mass is 19.1. The van der Waals surface area contributed by atoms with Crippen LogP contribution in [-0.2, 0) is 0 Å². The highest BCUT2D eigenvalue weighted by Crippen LogP contribution is 2.37. The number of fused-ring (bicyclic) bond motifs is 2. The molecule has 0 saturated carbocycles. The Morgan fingerprint density at radius 3 is 2.46 bits per heavy atom. The molecule has 4 rings (SSSR count). The van der Waals surface area contributed by atoms with Crippen LogP contribution < -0.4 is 5.63 Å². The van der Waals surface area contributed by atoms with Crippen molar-refractivity contribution in [1.29, 1.82) is 0 Å². The summed E-state index contributed by atoms with van der Waals surface area (Å²) in [5, 5.41) is 1.51. The van der Waals surface area contributed by atoms with Crippen molar-refractivity contribution >= 4 is 21.9 Å². The van der Waals surface area contributed by atoms with Gasteiger partial charge in [-0.25, -0.2) is 9.18 Å². The summed E-state index contributed by atoms with van der Waals surface area (Å²) in [5.74, 6) is 0.249. The quantitative estimate of drug-likeness (QED) is 0.448. The highest BCUT2D eigenvalue weighted by molar-refractivity contribution is 5.98. The van der Waals surface area contributed by atoms with Crippen molar-refractivity contribution in [3.63, 3.8) is 0 Å². The van der Waals surface area contributed by atoms with Crippen molar-refractivity contribution in [2.75, 3.05) is 0 Å². The maximum Gasteiger partial charge on any atom is 0.336 e. The molecule has 0 atom stereocenters. The van der Waals surface area contributed by atoms with E-state index in [-0.39, 0.29) is 5.82 Å². The smallest absolute Gasteiger partial charge is 0.336 e. The van der Waals surface area contributed by atoms with Crippen molar-refractivity contribution in [2.45, 2.75) is 20.8 Å². The lowest BCUT2D eigenvalue weighted by Gasteiger charge is -2.08. The van der Waals surface area contributed by atoms with Crippen LogP contribution in [0, 0.1) is 26.6 Å². The van der Waals surface area contributed by atoms with Gasteiger partial charge in [0.15, 0.2) is 0 Å². The molecule has 0 aliphatic carbocycles. The van der Waals surface area contributed by atoms with E-state index in [4.69, 9.17) is 8.83 Å². The summed E-state index contributed by atoms with van der Waals surface area (Å²) < 4.78 is 24.9. The summed E-state index contributed by atoms with van der Waals surface area (Å²) in [7, 11) is 0. The van der Waals surface area contributed by atoms with Gasteiger partial charge in [-0.3, -0.25) is 0 Å². The summed E-state index contributed by atoms with van der Waals surface area (Å²) in [4.78, 5) is 12.1. The Labute approximate surface area is 137 Å². The monoisotopic (exact) mass is 322 g/mol. The van der Waals surface area contributed by atoms with Crippen LogP contribution in [0.3, 0.4) is 0 Å². The van der Waals surface area contributed by atoms with Gasteiger partial charge in [0.25, 0.3) is 0 Å². The van der Waals surface area contributed by atoms with Crippen LogP contribution in [0.1, 0.15) is 16.7 Å². The number of aryl methyl sites for hydroxylation is 3. The number of halogens is 1. The number of hydrogen-bond donors (Lipinski definition) is 0. The minimum Gasteiger partial charge on any atom is -0.456 e. The molecule has 0 amide bonds. The van der Waals surface area contributed by atoms with Gasteiger partial charge >= 0.3 is 5.63 Å². The molecule has 0 radical (unpaired) electrons. The van der Waals surface area contributed by atoms with E-state index in [1.165, 1.54) is 18.2 Å². The molecule has 0 fully saturated rings. The molecule has 2 aromatic heterocycles. The maximum atomic E-state index is 13.5. The lowest BCUT2D eigenvalue weighted by atomic mass is 10.00. The number of furan rings is 1. The van der Waals surface area contributed by atoms with Gasteiger partial charge in [0.2, 0.25) is 0 Å². The van der Waals surface area contributed by atoms with Gasteiger partial charge in [-0.1, -0.05) is 12.1 Å². The predicted molar refractivity (Wildman–Crippen MR) is 91.9 cm³/mol. The first-order valence-electron chi connectivity index (χ1n) is 7.69. The predicted octanol–water partition coefficient (Wildman–Crippen LogP) is 5.27. The Morgan fingerprint density at radius 1 is 0.875 bits per heavy atom. The first-order valence-corrected chi connectivity index (χ1v) is 7.69. The number of hydrogen-bond acceptors (Lipinski definition) is 3. The maximum absolute atomic E-state index is 13.5. The van der Waals surface area contributed by atoms with Gasteiger partial charge in [-0.2, -0.15) is 0 Å². The van der Waals surface area contributed by atoms with E-state index in [0.29, 0.717) is 27.9 Å². The van der Waals surface area contributed by atoms with E-state index in [0.717, 1.165) is 22.1 Å². The minimum atomic E-state index is -0.433. The van der Waals surface area contributed by atoms with Crippen LogP contribution in [0.4, 0.5) is 4.39 Å². The molecule has 0 unspecified atom stereocenters. The Bertz CT molecular complexity index is 1170. The van der Waals surface area contributed by atoms with E-state index < -0.39 is 5.63 Å². The summed E-state index contributed by atoms with van der Waals surface area (Å²) in [6.45, 7) is 5.75. The molecule has 0 spiro atoms. The van der Waals surface area contributed by atoms with Gasteiger partial charge in [-0.15, -0.1) is 0 Å². The van der Waals surface area contributed by atoms with Crippen LogP contribution in [-0.4, -0.2) is 0 Å². The minimum absolute atomic E-state index is 0.318. The topological polar surface area (TPSA) is 43.4 Å². The molecule has 2 aromatic carbocycles. The van der Waals surface area contributed by atoms with E-state index in [1.807, 2.05) is 32.9 Å². The molecule has 24 heavy (non-hydrogen) atoms. The van der Waals surface area contributed by atoms with E-state index in [9.17, 15) is 9.18 Å². The lowest BCUT2D eigenvalue weighted by Crippen LogP contribution is -2.00. The third-order valence-electron chi connectivity index (χ3n) is 4.57. The molecule has 0 saturated heterocycles. The van der Waals surface area contributed by atoms with Crippen molar-refractivity contribution in [3.05, 3.63) is 69.3 Å². The van der Waals surface area contributed by atoms with E-state index >= 15 is 0 Å². The molecule has 120 valence electrons. The third-order valence-corrected chi connectivity index (χ3v) is 4.57. The average molecular weight is 322 g/mol. The molecule has 0 aliphatic heterocycles. The van der Waals surface area contributed by atoms with Crippen molar-refractivity contribution in [2.24, 2.45) is 0 Å². The molecule has 3 nitrogen and oxygen atoms in total. The zero-order valence-electron chi connectivity index (χ0n) is 13.6. The fourth-order valence-electron chi connectivity index (χ4n) is 3.10. The fraction of sp³-hybridized carbons (Fsp3) is 0.150. The van der Waals surface area contributed by atoms with Gasteiger partial charge in [0.1, 0.15) is 22.7 Å². The number of rotatable bonds is 1. The van der Waals surface area contributed by atoms with Crippen molar-refractivity contribution in [3.8, 4) is 11.3 Å². The summed E-state index contributed by atoms with van der Waals surface area (Å²) in [6.07, 6.45) is 0. The van der Waals surface area contributed by atoms with Crippen LogP contribution >= 0.6 is 0 Å². The third kappa shape index (κ3) is 2.07. The van der Waals surface area contributed by atoms with Crippen molar-refractivity contribution in [1.82, 2.24) is 0 Å². The normalized spacial score (nSPS) is 11.5. The van der Waals surface area contributed by atoms with Crippen molar-refractivity contribution < 1.29 is 13.2 Å².